The van der Waals surface area contributed by atoms with Crippen molar-refractivity contribution in [3.05, 3.63) is 11.1 Å². The molecule has 1 fully saturated rings. The first kappa shape index (κ1) is 9.45. The van der Waals surface area contributed by atoms with Crippen molar-refractivity contribution in [3.8, 4) is 0 Å². The molecule has 1 N–H and O–H groups in total. The summed E-state index contributed by atoms with van der Waals surface area (Å²) in [6.07, 6.45) is 0.869. The van der Waals surface area contributed by atoms with Crippen molar-refractivity contribution in [1.29, 1.82) is 0 Å². The predicted octanol–water partition coefficient (Wildman–Crippen LogP) is 1.09. The number of likely N-dealkylation sites (tertiary alicyclic amines) is 1. The molecule has 0 radical (unpaired) electrons. The second-order valence-electron chi connectivity index (χ2n) is 3.54. The van der Waals surface area contributed by atoms with Crippen molar-refractivity contribution in [2.75, 3.05) is 18.9 Å². The smallest absolute Gasteiger partial charge is 0.244 e. The molecule has 0 bridgehead atoms. The van der Waals surface area contributed by atoms with E-state index in [9.17, 15) is 4.79 Å². The van der Waals surface area contributed by atoms with Gasteiger partial charge in [0.15, 0.2) is 5.13 Å². The quantitative estimate of drug-likeness (QED) is 0.796. The number of carbonyl (C=O) groups excluding carboxylic acids is 1. The molecule has 0 saturated carbocycles. The molecule has 0 aromatic carbocycles. The summed E-state index contributed by atoms with van der Waals surface area (Å²) in [5.41, 5.74) is 0.997. The van der Waals surface area contributed by atoms with Crippen LogP contribution >= 0.6 is 11.3 Å². The zero-order valence-electron chi connectivity index (χ0n) is 8.28. The predicted molar refractivity (Wildman–Crippen MR) is 56.5 cm³/mol. The van der Waals surface area contributed by atoms with Crippen LogP contribution in [0.25, 0.3) is 0 Å². The molecule has 2 rings (SSSR count). The number of hydrogen-bond donors (Lipinski definition) is 1. The van der Waals surface area contributed by atoms with Gasteiger partial charge in [-0.2, -0.15) is 0 Å². The Hall–Kier alpha value is -1.10. The second-order valence-corrected chi connectivity index (χ2v) is 4.40. The van der Waals surface area contributed by atoms with Crippen molar-refractivity contribution in [2.45, 2.75) is 19.4 Å². The van der Waals surface area contributed by atoms with E-state index < -0.39 is 0 Å². The van der Waals surface area contributed by atoms with E-state index in [1.807, 2.05) is 19.4 Å². The fourth-order valence-corrected chi connectivity index (χ4v) is 2.27. The molecule has 1 atom stereocenters. The summed E-state index contributed by atoms with van der Waals surface area (Å²) >= 11 is 1.55. The van der Waals surface area contributed by atoms with Crippen LogP contribution in [0.3, 0.4) is 0 Å². The summed E-state index contributed by atoms with van der Waals surface area (Å²) in [5, 5.41) is 5.98. The van der Waals surface area contributed by atoms with Gasteiger partial charge in [-0.05, 0) is 13.3 Å². The molecular weight excluding hydrogens is 198 g/mol. The van der Waals surface area contributed by atoms with Gasteiger partial charge in [-0.3, -0.25) is 4.79 Å². The van der Waals surface area contributed by atoms with Gasteiger partial charge in [-0.25, -0.2) is 4.98 Å². The number of nitrogens with one attached hydrogen (secondary N) is 1. The van der Waals surface area contributed by atoms with E-state index in [1.165, 1.54) is 0 Å². The van der Waals surface area contributed by atoms with Gasteiger partial charge in [0, 0.05) is 19.0 Å². The number of thiazole rings is 1. The molecule has 76 valence electrons. The van der Waals surface area contributed by atoms with Gasteiger partial charge >= 0.3 is 0 Å². The average molecular weight is 211 g/mol. The summed E-state index contributed by atoms with van der Waals surface area (Å²) in [4.78, 5) is 17.6. The summed E-state index contributed by atoms with van der Waals surface area (Å²) < 4.78 is 0. The highest BCUT2D eigenvalue weighted by Gasteiger charge is 2.29. The third kappa shape index (κ3) is 1.72. The number of aryl methyl sites for hydroxylation is 1. The van der Waals surface area contributed by atoms with Crippen LogP contribution < -0.4 is 5.32 Å². The molecule has 1 aliphatic heterocycles. The summed E-state index contributed by atoms with van der Waals surface area (Å²) in [7, 11) is 1.83. The van der Waals surface area contributed by atoms with Crippen molar-refractivity contribution in [2.24, 2.45) is 0 Å². The lowest BCUT2D eigenvalue weighted by atomic mass is 10.2. The fraction of sp³-hybridized carbons (Fsp3) is 0.556. The molecule has 0 spiro atoms. The van der Waals surface area contributed by atoms with E-state index in [4.69, 9.17) is 0 Å². The first-order valence-electron chi connectivity index (χ1n) is 4.60. The molecule has 1 saturated heterocycles. The first-order valence-corrected chi connectivity index (χ1v) is 5.48. The van der Waals surface area contributed by atoms with Crippen LogP contribution in [-0.2, 0) is 4.79 Å². The van der Waals surface area contributed by atoms with E-state index in [1.54, 1.807) is 16.2 Å². The van der Waals surface area contributed by atoms with Gasteiger partial charge in [0.25, 0.3) is 0 Å². The maximum Gasteiger partial charge on any atom is 0.244 e. The number of anilines is 1. The number of rotatable bonds is 2. The number of aromatic nitrogens is 1. The van der Waals surface area contributed by atoms with E-state index in [0.717, 1.165) is 23.8 Å². The minimum absolute atomic E-state index is 0.0782. The van der Waals surface area contributed by atoms with Gasteiger partial charge in [0.2, 0.25) is 5.91 Å². The van der Waals surface area contributed by atoms with Crippen LogP contribution in [0.5, 0.6) is 0 Å². The molecule has 4 nitrogen and oxygen atoms in total. The highest BCUT2D eigenvalue weighted by atomic mass is 32.1. The average Bonchev–Trinajstić information content (AvgIpc) is 2.67. The number of amides is 1. The van der Waals surface area contributed by atoms with Crippen molar-refractivity contribution in [3.63, 3.8) is 0 Å². The van der Waals surface area contributed by atoms with Crippen LogP contribution in [0.1, 0.15) is 12.1 Å². The highest BCUT2D eigenvalue weighted by Crippen LogP contribution is 2.19. The van der Waals surface area contributed by atoms with Gasteiger partial charge in [-0.1, -0.05) is 0 Å². The maximum absolute atomic E-state index is 11.6. The first-order chi connectivity index (χ1) is 6.66. The lowest BCUT2D eigenvalue weighted by Gasteiger charge is -2.10. The zero-order valence-corrected chi connectivity index (χ0v) is 9.10. The third-order valence-electron chi connectivity index (χ3n) is 2.34. The lowest BCUT2D eigenvalue weighted by molar-refractivity contribution is -0.127. The number of nitrogens with zero attached hydrogens (tertiary/aromatic N) is 2. The van der Waals surface area contributed by atoms with Gasteiger partial charge in [0.1, 0.15) is 6.04 Å². The van der Waals surface area contributed by atoms with Crippen LogP contribution in [-0.4, -0.2) is 35.4 Å². The van der Waals surface area contributed by atoms with E-state index in [0.29, 0.717) is 0 Å². The molecule has 0 aliphatic carbocycles. The third-order valence-corrected chi connectivity index (χ3v) is 3.24. The molecule has 1 aromatic rings. The number of hydrogen-bond acceptors (Lipinski definition) is 4. The molecular formula is C9H13N3OS. The number of carbonyl (C=O) groups is 1. The Bertz CT molecular complexity index is 350. The van der Waals surface area contributed by atoms with Crippen LogP contribution in [0.4, 0.5) is 5.13 Å². The summed E-state index contributed by atoms with van der Waals surface area (Å²) in [6.45, 7) is 2.78. The molecule has 14 heavy (non-hydrogen) atoms. The Morgan fingerprint density at radius 3 is 3.00 bits per heavy atom. The van der Waals surface area contributed by atoms with E-state index >= 15 is 0 Å². The molecule has 2 heterocycles. The molecule has 1 aromatic heterocycles. The van der Waals surface area contributed by atoms with Crippen molar-refractivity contribution in [1.82, 2.24) is 9.88 Å². The van der Waals surface area contributed by atoms with E-state index in [2.05, 4.69) is 10.3 Å². The summed E-state index contributed by atoms with van der Waals surface area (Å²) in [6, 6.07) is -0.0782. The van der Waals surface area contributed by atoms with Crippen LogP contribution in [0.15, 0.2) is 5.38 Å². The van der Waals surface area contributed by atoms with Gasteiger partial charge in [0.05, 0.1) is 5.69 Å². The normalized spacial score (nSPS) is 21.7. The molecule has 1 aliphatic rings. The second kappa shape index (κ2) is 3.57. The van der Waals surface area contributed by atoms with E-state index in [-0.39, 0.29) is 11.9 Å². The highest BCUT2D eigenvalue weighted by molar-refractivity contribution is 7.13. The minimum atomic E-state index is -0.0782. The fourth-order valence-electron chi connectivity index (χ4n) is 1.53. The van der Waals surface area contributed by atoms with Crippen LogP contribution in [0, 0.1) is 6.92 Å². The Labute approximate surface area is 86.9 Å². The van der Waals surface area contributed by atoms with Crippen molar-refractivity contribution >= 4 is 22.4 Å². The minimum Gasteiger partial charge on any atom is -0.350 e. The number of likely N-dealkylation sites (N-methyl/N-ethyl adjacent to an activating group) is 1. The monoisotopic (exact) mass is 211 g/mol. The lowest BCUT2D eigenvalue weighted by Crippen LogP contribution is -2.30. The Balaban J connectivity index is 2.02. The van der Waals surface area contributed by atoms with Crippen LogP contribution in [0.2, 0.25) is 0 Å². The Kier molecular flexibility index (Phi) is 2.41. The van der Waals surface area contributed by atoms with Gasteiger partial charge < -0.3 is 10.2 Å². The SMILES string of the molecule is Cc1csc(NC2CCN(C)C2=O)n1. The molecule has 1 amide bonds. The Morgan fingerprint density at radius 2 is 2.50 bits per heavy atom. The largest absolute Gasteiger partial charge is 0.350 e. The standard InChI is InChI=1S/C9H13N3OS/c1-6-5-14-9(10-6)11-7-3-4-12(2)8(7)13/h5,7H,3-4H2,1-2H3,(H,10,11). The van der Waals surface area contributed by atoms with Crippen molar-refractivity contribution < 1.29 is 4.79 Å². The van der Waals surface area contributed by atoms with Gasteiger partial charge in [-0.15, -0.1) is 11.3 Å². The molecule has 1 unspecified atom stereocenters. The molecule has 5 heteroatoms. The zero-order chi connectivity index (χ0) is 10.1. The topological polar surface area (TPSA) is 45.2 Å². The Morgan fingerprint density at radius 1 is 1.71 bits per heavy atom. The summed E-state index contributed by atoms with van der Waals surface area (Å²) in [5.74, 6) is 0.165. The maximum atomic E-state index is 11.6.